The topological polar surface area (TPSA) is 85.2 Å². The molecular formula is C23H25FN4O2. The van der Waals surface area contributed by atoms with Gasteiger partial charge in [-0.05, 0) is 81.0 Å². The molecule has 7 heteroatoms. The summed E-state index contributed by atoms with van der Waals surface area (Å²) in [7, 11) is 1.96. The second kappa shape index (κ2) is 10.5. The SMILES string of the molecule is CN(CCCc1cc(-c2ccc(F)cc2)n[nH]1)CC(O)COc1ccc(C#N)cc1. The van der Waals surface area contributed by atoms with E-state index in [0.29, 0.717) is 17.9 Å². The van der Waals surface area contributed by atoms with Crippen molar-refractivity contribution >= 4 is 0 Å². The normalized spacial score (nSPS) is 12.0. The van der Waals surface area contributed by atoms with Gasteiger partial charge in [0.05, 0.1) is 17.3 Å². The number of rotatable bonds is 10. The van der Waals surface area contributed by atoms with Gasteiger partial charge < -0.3 is 14.7 Å². The Labute approximate surface area is 175 Å². The number of aromatic nitrogens is 2. The van der Waals surface area contributed by atoms with Gasteiger partial charge in [-0.25, -0.2) is 4.39 Å². The molecule has 2 aromatic carbocycles. The van der Waals surface area contributed by atoms with Crippen LogP contribution in [0.2, 0.25) is 0 Å². The molecule has 0 aliphatic heterocycles. The maximum atomic E-state index is 13.0. The van der Waals surface area contributed by atoms with Crippen molar-refractivity contribution in [2.45, 2.75) is 18.9 Å². The Morgan fingerprint density at radius 1 is 1.20 bits per heavy atom. The fourth-order valence-corrected chi connectivity index (χ4v) is 3.12. The quantitative estimate of drug-likeness (QED) is 0.537. The summed E-state index contributed by atoms with van der Waals surface area (Å²) in [5, 5.41) is 26.3. The summed E-state index contributed by atoms with van der Waals surface area (Å²) in [6.07, 6.45) is 1.13. The molecule has 0 aliphatic rings. The third-order valence-corrected chi connectivity index (χ3v) is 4.71. The van der Waals surface area contributed by atoms with Crippen molar-refractivity contribution in [2.75, 3.05) is 26.7 Å². The number of aliphatic hydroxyl groups is 1. The average Bonchev–Trinajstić information content (AvgIpc) is 3.22. The predicted octanol–water partition coefficient (Wildman–Crippen LogP) is 3.39. The molecule has 0 fully saturated rings. The van der Waals surface area contributed by atoms with Crippen molar-refractivity contribution in [3.8, 4) is 23.1 Å². The standard InChI is InChI=1S/C23H25FN4O2/c1-28(15-21(29)16-30-22-10-4-17(14-25)5-11-22)12-2-3-20-13-23(27-26-20)18-6-8-19(24)9-7-18/h4-11,13,21,29H,2-3,12,15-16H2,1H3,(H,26,27). The molecule has 6 nitrogen and oxygen atoms in total. The van der Waals surface area contributed by atoms with Crippen LogP contribution in [0.4, 0.5) is 4.39 Å². The average molecular weight is 408 g/mol. The van der Waals surface area contributed by atoms with Crippen molar-refractivity contribution in [1.29, 1.82) is 5.26 Å². The highest BCUT2D eigenvalue weighted by Gasteiger charge is 2.10. The largest absolute Gasteiger partial charge is 0.491 e. The molecule has 0 aliphatic carbocycles. The first kappa shape index (κ1) is 21.5. The number of aliphatic hydroxyl groups excluding tert-OH is 1. The summed E-state index contributed by atoms with van der Waals surface area (Å²) >= 11 is 0. The Hall–Kier alpha value is -3.21. The smallest absolute Gasteiger partial charge is 0.123 e. The third-order valence-electron chi connectivity index (χ3n) is 4.71. The summed E-state index contributed by atoms with van der Waals surface area (Å²) in [5.41, 5.74) is 3.27. The van der Waals surface area contributed by atoms with Crippen LogP contribution in [0.3, 0.4) is 0 Å². The van der Waals surface area contributed by atoms with Crippen LogP contribution >= 0.6 is 0 Å². The van der Waals surface area contributed by atoms with Gasteiger partial charge in [-0.2, -0.15) is 10.4 Å². The minimum absolute atomic E-state index is 0.192. The second-order valence-corrected chi connectivity index (χ2v) is 7.25. The molecule has 3 aromatic rings. The van der Waals surface area contributed by atoms with E-state index in [2.05, 4.69) is 21.2 Å². The molecule has 0 bridgehead atoms. The van der Waals surface area contributed by atoms with Crippen molar-refractivity contribution in [2.24, 2.45) is 0 Å². The number of nitrogens with zero attached hydrogens (tertiary/aromatic N) is 3. The van der Waals surface area contributed by atoms with Crippen LogP contribution < -0.4 is 4.74 Å². The van der Waals surface area contributed by atoms with Gasteiger partial charge in [0.15, 0.2) is 0 Å². The lowest BCUT2D eigenvalue weighted by Crippen LogP contribution is -2.33. The fourth-order valence-electron chi connectivity index (χ4n) is 3.12. The van der Waals surface area contributed by atoms with Crippen LogP contribution in [0, 0.1) is 17.1 Å². The molecule has 156 valence electrons. The Morgan fingerprint density at radius 3 is 2.63 bits per heavy atom. The van der Waals surface area contributed by atoms with Crippen molar-refractivity contribution < 1.29 is 14.2 Å². The number of nitrogens with one attached hydrogen (secondary N) is 1. The molecule has 0 radical (unpaired) electrons. The Bertz CT molecular complexity index is 964. The lowest BCUT2D eigenvalue weighted by molar-refractivity contribution is 0.0761. The number of aromatic amines is 1. The first-order valence-electron chi connectivity index (χ1n) is 9.83. The number of hydrogen-bond donors (Lipinski definition) is 2. The van der Waals surface area contributed by atoms with Crippen LogP contribution in [0.1, 0.15) is 17.7 Å². The molecule has 1 unspecified atom stereocenters. The Morgan fingerprint density at radius 2 is 1.93 bits per heavy atom. The molecule has 0 amide bonds. The monoisotopic (exact) mass is 408 g/mol. The van der Waals surface area contributed by atoms with E-state index in [0.717, 1.165) is 36.3 Å². The van der Waals surface area contributed by atoms with E-state index in [1.165, 1.54) is 12.1 Å². The molecule has 1 atom stereocenters. The number of benzene rings is 2. The van der Waals surface area contributed by atoms with E-state index in [-0.39, 0.29) is 12.4 Å². The zero-order chi connectivity index (χ0) is 21.3. The van der Waals surface area contributed by atoms with Gasteiger partial charge in [-0.15, -0.1) is 0 Å². The molecule has 2 N–H and O–H groups in total. The zero-order valence-electron chi connectivity index (χ0n) is 16.9. The number of aryl methyl sites for hydroxylation is 1. The summed E-state index contributed by atoms with van der Waals surface area (Å²) in [6, 6.07) is 17.1. The van der Waals surface area contributed by atoms with Crippen LogP contribution in [0.15, 0.2) is 54.6 Å². The maximum Gasteiger partial charge on any atom is 0.123 e. The van der Waals surface area contributed by atoms with Crippen molar-refractivity contribution in [1.82, 2.24) is 15.1 Å². The summed E-state index contributed by atoms with van der Waals surface area (Å²) in [6.45, 7) is 1.51. The van der Waals surface area contributed by atoms with Gasteiger partial charge in [-0.1, -0.05) is 0 Å². The van der Waals surface area contributed by atoms with E-state index in [9.17, 15) is 9.50 Å². The van der Waals surface area contributed by atoms with E-state index in [1.807, 2.05) is 13.1 Å². The van der Waals surface area contributed by atoms with E-state index >= 15 is 0 Å². The minimum Gasteiger partial charge on any atom is -0.491 e. The summed E-state index contributed by atoms with van der Waals surface area (Å²) in [5.74, 6) is 0.369. The minimum atomic E-state index is -0.608. The molecule has 3 rings (SSSR count). The van der Waals surface area contributed by atoms with E-state index in [4.69, 9.17) is 10.00 Å². The van der Waals surface area contributed by atoms with Crippen LogP contribution in [0.5, 0.6) is 5.75 Å². The van der Waals surface area contributed by atoms with Crippen molar-refractivity contribution in [3.05, 3.63) is 71.7 Å². The molecule has 0 saturated heterocycles. The summed E-state index contributed by atoms with van der Waals surface area (Å²) in [4.78, 5) is 2.06. The number of halogens is 1. The molecule has 0 spiro atoms. The molecule has 0 saturated carbocycles. The molecule has 1 aromatic heterocycles. The van der Waals surface area contributed by atoms with Gasteiger partial charge >= 0.3 is 0 Å². The molecule has 30 heavy (non-hydrogen) atoms. The highest BCUT2D eigenvalue weighted by molar-refractivity contribution is 5.58. The van der Waals surface area contributed by atoms with E-state index in [1.54, 1.807) is 36.4 Å². The number of ether oxygens (including phenoxy) is 1. The van der Waals surface area contributed by atoms with Gasteiger partial charge in [0.2, 0.25) is 0 Å². The van der Waals surface area contributed by atoms with E-state index < -0.39 is 6.10 Å². The first-order valence-corrected chi connectivity index (χ1v) is 9.83. The Balaban J connectivity index is 1.36. The van der Waals surface area contributed by atoms with Gasteiger partial charge in [-0.3, -0.25) is 5.10 Å². The summed E-state index contributed by atoms with van der Waals surface area (Å²) < 4.78 is 18.6. The molecule has 1 heterocycles. The van der Waals surface area contributed by atoms with Gasteiger partial charge in [0, 0.05) is 17.8 Å². The number of hydrogen-bond acceptors (Lipinski definition) is 5. The number of likely N-dealkylation sites (N-methyl/N-ethyl adjacent to an activating group) is 1. The number of H-pyrrole nitrogens is 1. The first-order chi connectivity index (χ1) is 14.5. The Kier molecular flexibility index (Phi) is 7.55. The van der Waals surface area contributed by atoms with Gasteiger partial charge in [0.25, 0.3) is 0 Å². The van der Waals surface area contributed by atoms with Gasteiger partial charge in [0.1, 0.15) is 24.3 Å². The van der Waals surface area contributed by atoms with Crippen LogP contribution in [0.25, 0.3) is 11.3 Å². The lowest BCUT2D eigenvalue weighted by Gasteiger charge is -2.20. The second-order valence-electron chi connectivity index (χ2n) is 7.25. The fraction of sp³-hybridized carbons (Fsp3) is 0.304. The number of nitriles is 1. The molecular weight excluding hydrogens is 383 g/mol. The van der Waals surface area contributed by atoms with Crippen LogP contribution in [-0.2, 0) is 6.42 Å². The van der Waals surface area contributed by atoms with Crippen molar-refractivity contribution in [3.63, 3.8) is 0 Å². The third kappa shape index (κ3) is 6.41. The zero-order valence-corrected chi connectivity index (χ0v) is 16.9. The predicted molar refractivity (Wildman–Crippen MR) is 112 cm³/mol. The highest BCUT2D eigenvalue weighted by Crippen LogP contribution is 2.18. The highest BCUT2D eigenvalue weighted by atomic mass is 19.1. The maximum absolute atomic E-state index is 13.0. The lowest BCUT2D eigenvalue weighted by atomic mass is 10.1. The van der Waals surface area contributed by atoms with Crippen LogP contribution in [-0.4, -0.2) is 53.1 Å².